The number of ether oxygens (including phenoxy) is 5. The molecule has 0 amide bonds. The molecule has 268 valence electrons. The van der Waals surface area contributed by atoms with Crippen LogP contribution in [0, 0.1) is 34.5 Å². The van der Waals surface area contributed by atoms with Crippen LogP contribution >= 0.6 is 0 Å². The van der Waals surface area contributed by atoms with Crippen molar-refractivity contribution >= 4 is 5.97 Å². The van der Waals surface area contributed by atoms with Gasteiger partial charge >= 0.3 is 5.97 Å². The van der Waals surface area contributed by atoms with E-state index in [0.717, 1.165) is 38.5 Å². The molecule has 0 radical (unpaired) electrons. The van der Waals surface area contributed by atoms with Gasteiger partial charge in [-0.1, -0.05) is 106 Å². The van der Waals surface area contributed by atoms with Crippen molar-refractivity contribution in [1.29, 1.82) is 0 Å². The molecule has 4 aliphatic carbocycles. The summed E-state index contributed by atoms with van der Waals surface area (Å²) in [5, 5.41) is 0. The van der Waals surface area contributed by atoms with Crippen molar-refractivity contribution in [1.82, 2.24) is 0 Å². The van der Waals surface area contributed by atoms with Crippen LogP contribution in [0.5, 0.6) is 0 Å². The predicted molar refractivity (Wildman–Crippen MR) is 185 cm³/mol. The van der Waals surface area contributed by atoms with E-state index in [1.165, 1.54) is 64.2 Å². The van der Waals surface area contributed by atoms with E-state index in [9.17, 15) is 4.79 Å². The molecule has 0 N–H and O–H groups in total. The summed E-state index contributed by atoms with van der Waals surface area (Å²) in [7, 11) is 3.59. The number of fused-ring (bicyclic) bond motifs is 2. The number of carbonyl (C=O) groups excluding carboxylic acids is 1. The molecular weight excluding hydrogens is 576 g/mol. The Morgan fingerprint density at radius 3 is 1.70 bits per heavy atom. The molecule has 4 aliphatic rings. The number of carbonyl (C=O) groups is 1. The third kappa shape index (κ3) is 9.94. The lowest BCUT2D eigenvalue weighted by Crippen LogP contribution is -2.64. The number of esters is 1. The minimum absolute atomic E-state index is 0.00222. The lowest BCUT2D eigenvalue weighted by Gasteiger charge is -2.59. The zero-order chi connectivity index (χ0) is 33.8. The lowest BCUT2D eigenvalue weighted by atomic mass is 9.58. The van der Waals surface area contributed by atoms with E-state index >= 15 is 0 Å². The first-order chi connectivity index (χ1) is 21.5. The average molecular weight is 649 g/mol. The lowest BCUT2D eigenvalue weighted by molar-refractivity contribution is -0.308. The molecule has 0 aromatic carbocycles. The molecule has 4 fully saturated rings. The van der Waals surface area contributed by atoms with Crippen LogP contribution in [-0.2, 0) is 28.5 Å². The maximum absolute atomic E-state index is 14.5. The predicted octanol–water partition coefficient (Wildman–Crippen LogP) is 10.4. The number of hydrogen-bond acceptors (Lipinski definition) is 6. The van der Waals surface area contributed by atoms with Crippen molar-refractivity contribution in [3.63, 3.8) is 0 Å². The highest BCUT2D eigenvalue weighted by Crippen LogP contribution is 2.57. The van der Waals surface area contributed by atoms with E-state index in [2.05, 4.69) is 55.4 Å². The maximum Gasteiger partial charge on any atom is 0.312 e. The van der Waals surface area contributed by atoms with Gasteiger partial charge in [-0.15, -0.1) is 0 Å². The van der Waals surface area contributed by atoms with Crippen molar-refractivity contribution in [2.24, 2.45) is 34.5 Å². The van der Waals surface area contributed by atoms with Crippen LogP contribution in [0.25, 0.3) is 0 Å². The number of hydrogen-bond donors (Lipinski definition) is 0. The van der Waals surface area contributed by atoms with Crippen LogP contribution < -0.4 is 0 Å². The minimum atomic E-state index is -0.665. The first-order valence-electron chi connectivity index (χ1n) is 19.2. The Bertz CT molecular complexity index is 959. The highest BCUT2D eigenvalue weighted by atomic mass is 16.7. The second-order valence-corrected chi connectivity index (χ2v) is 18.6. The van der Waals surface area contributed by atoms with Gasteiger partial charge in [0, 0.05) is 46.3 Å². The largest absolute Gasteiger partial charge is 0.458 e. The zero-order valence-corrected chi connectivity index (χ0v) is 31.6. The SMILES string of the molecule is COC(CC1CCCCC1)OC1(C)CC2(OC(=O)C(C)(CC(C)(C)C)C(C)C)CC(C)CC(OC(CC3CCCCC3)OC)(C1)C2. The van der Waals surface area contributed by atoms with Crippen LogP contribution in [0.15, 0.2) is 0 Å². The first-order valence-corrected chi connectivity index (χ1v) is 19.2. The first kappa shape index (κ1) is 38.1. The minimum Gasteiger partial charge on any atom is -0.458 e. The van der Waals surface area contributed by atoms with Crippen molar-refractivity contribution in [2.75, 3.05) is 14.2 Å². The quantitative estimate of drug-likeness (QED) is 0.138. The van der Waals surface area contributed by atoms with Gasteiger partial charge in [0.15, 0.2) is 12.6 Å². The second kappa shape index (κ2) is 15.5. The van der Waals surface area contributed by atoms with Gasteiger partial charge in [-0.2, -0.15) is 0 Å². The molecule has 7 unspecified atom stereocenters. The van der Waals surface area contributed by atoms with Crippen LogP contribution in [0.2, 0.25) is 0 Å². The molecule has 4 saturated carbocycles. The summed E-state index contributed by atoms with van der Waals surface area (Å²) in [6, 6.07) is 0. The van der Waals surface area contributed by atoms with E-state index < -0.39 is 22.2 Å². The second-order valence-electron chi connectivity index (χ2n) is 18.6. The molecule has 0 heterocycles. The summed E-state index contributed by atoms with van der Waals surface area (Å²) in [4.78, 5) is 14.5. The third-order valence-corrected chi connectivity index (χ3v) is 12.2. The third-order valence-electron chi connectivity index (χ3n) is 12.2. The van der Waals surface area contributed by atoms with Crippen LogP contribution in [-0.4, -0.2) is 49.6 Å². The number of methoxy groups -OCH3 is 2. The Balaban J connectivity index is 1.65. The zero-order valence-electron chi connectivity index (χ0n) is 31.6. The van der Waals surface area contributed by atoms with E-state index in [1.807, 2.05) is 0 Å². The fraction of sp³-hybridized carbons (Fsp3) is 0.975. The molecule has 7 atom stereocenters. The van der Waals surface area contributed by atoms with Gasteiger partial charge in [0.2, 0.25) is 0 Å². The molecule has 0 aliphatic heterocycles. The Kier molecular flexibility index (Phi) is 12.8. The topological polar surface area (TPSA) is 63.2 Å². The van der Waals surface area contributed by atoms with Crippen molar-refractivity contribution < 1.29 is 28.5 Å². The Hall–Kier alpha value is -0.690. The normalized spacial score (nSPS) is 34.2. The van der Waals surface area contributed by atoms with Gasteiger partial charge in [-0.25, -0.2) is 0 Å². The van der Waals surface area contributed by atoms with Gasteiger partial charge < -0.3 is 23.7 Å². The summed E-state index contributed by atoms with van der Waals surface area (Å²) in [6.07, 6.45) is 18.8. The van der Waals surface area contributed by atoms with Crippen LogP contribution in [0.3, 0.4) is 0 Å². The van der Waals surface area contributed by atoms with Gasteiger partial charge in [0.1, 0.15) is 5.60 Å². The summed E-state index contributed by atoms with van der Waals surface area (Å²) in [5.74, 6) is 1.72. The highest BCUT2D eigenvalue weighted by molar-refractivity contribution is 5.77. The van der Waals surface area contributed by atoms with Gasteiger partial charge in [-0.3, -0.25) is 4.79 Å². The summed E-state index contributed by atoms with van der Waals surface area (Å²) >= 11 is 0. The molecule has 2 bridgehead atoms. The van der Waals surface area contributed by atoms with E-state index in [4.69, 9.17) is 23.7 Å². The standard InChI is InChI=1S/C40H72O6/c1-29(2)38(8,25-36(4,5)6)35(41)46-40-24-30(3)23-39(28-40,45-34(43-10)22-32-19-15-12-16-20-32)26-37(7,27-40)44-33(42-9)21-31-17-13-11-14-18-31/h29-34H,11-28H2,1-10H3. The molecule has 0 saturated heterocycles. The summed E-state index contributed by atoms with van der Waals surface area (Å²) in [5.41, 5.74) is -2.31. The molecule has 6 heteroatoms. The van der Waals surface area contributed by atoms with Gasteiger partial charge in [0.25, 0.3) is 0 Å². The summed E-state index contributed by atoms with van der Waals surface area (Å²) < 4.78 is 33.4. The monoisotopic (exact) mass is 649 g/mol. The molecule has 6 nitrogen and oxygen atoms in total. The van der Waals surface area contributed by atoms with Crippen molar-refractivity contribution in [2.45, 2.75) is 200 Å². The molecule has 0 aromatic rings. The van der Waals surface area contributed by atoms with Crippen molar-refractivity contribution in [3.8, 4) is 0 Å². The fourth-order valence-electron chi connectivity index (χ4n) is 10.4. The average Bonchev–Trinajstić information content (AvgIpc) is 2.95. The van der Waals surface area contributed by atoms with Crippen LogP contribution in [0.1, 0.15) is 171 Å². The molecule has 4 rings (SSSR count). The Labute approximate surface area is 283 Å². The molecular formula is C40H72O6. The van der Waals surface area contributed by atoms with E-state index in [-0.39, 0.29) is 29.9 Å². The Morgan fingerprint density at radius 2 is 1.22 bits per heavy atom. The van der Waals surface area contributed by atoms with Gasteiger partial charge in [-0.05, 0) is 62.2 Å². The van der Waals surface area contributed by atoms with Crippen molar-refractivity contribution in [3.05, 3.63) is 0 Å². The highest BCUT2D eigenvalue weighted by Gasteiger charge is 2.62. The Morgan fingerprint density at radius 1 is 0.739 bits per heavy atom. The molecule has 46 heavy (non-hydrogen) atoms. The summed E-state index contributed by atoms with van der Waals surface area (Å²) in [6.45, 7) is 17.7. The van der Waals surface area contributed by atoms with E-state index in [0.29, 0.717) is 30.6 Å². The maximum atomic E-state index is 14.5. The molecule has 0 spiro atoms. The van der Waals surface area contributed by atoms with Crippen LogP contribution in [0.4, 0.5) is 0 Å². The van der Waals surface area contributed by atoms with E-state index in [1.54, 1.807) is 14.2 Å². The fourth-order valence-corrected chi connectivity index (χ4v) is 10.4. The van der Waals surface area contributed by atoms with Gasteiger partial charge in [0.05, 0.1) is 16.6 Å². The number of rotatable bonds is 14. The smallest absolute Gasteiger partial charge is 0.312 e. The molecule has 0 aromatic heterocycles.